The van der Waals surface area contributed by atoms with Gasteiger partial charge >= 0.3 is 12.1 Å². The van der Waals surface area contributed by atoms with Crippen LogP contribution in [0.2, 0.25) is 5.02 Å². The lowest BCUT2D eigenvalue weighted by Crippen LogP contribution is -2.24. The zero-order valence-corrected chi connectivity index (χ0v) is 21.1. The summed E-state index contributed by atoms with van der Waals surface area (Å²) in [5, 5.41) is 20.5. The number of alkyl halides is 3. The maximum absolute atomic E-state index is 13.2. The van der Waals surface area contributed by atoms with Crippen molar-refractivity contribution in [2.45, 2.75) is 12.7 Å². The van der Waals surface area contributed by atoms with Gasteiger partial charge in [-0.15, -0.1) is 11.3 Å². The summed E-state index contributed by atoms with van der Waals surface area (Å²) in [5.41, 5.74) is -0.784. The molecule has 39 heavy (non-hydrogen) atoms. The number of nitrogens with zero attached hydrogens (tertiary/aromatic N) is 4. The van der Waals surface area contributed by atoms with E-state index in [1.54, 1.807) is 30.3 Å². The number of thiophene rings is 1. The predicted octanol–water partition coefficient (Wildman–Crippen LogP) is 5.99. The molecule has 0 bridgehead atoms. The summed E-state index contributed by atoms with van der Waals surface area (Å²) in [4.78, 5) is 32.7. The van der Waals surface area contributed by atoms with Gasteiger partial charge in [-0.2, -0.15) is 18.4 Å². The van der Waals surface area contributed by atoms with Crippen LogP contribution in [-0.2, 0) is 12.7 Å². The first-order valence-corrected chi connectivity index (χ1v) is 12.4. The highest BCUT2D eigenvalue weighted by Gasteiger charge is 2.32. The van der Waals surface area contributed by atoms with Crippen molar-refractivity contribution in [1.82, 2.24) is 14.5 Å². The van der Waals surface area contributed by atoms with Gasteiger partial charge in [0.1, 0.15) is 18.4 Å². The fourth-order valence-electron chi connectivity index (χ4n) is 4.08. The summed E-state index contributed by atoms with van der Waals surface area (Å²) >= 11 is 7.45. The van der Waals surface area contributed by atoms with Crippen LogP contribution in [0.1, 0.15) is 21.5 Å². The second-order valence-electron chi connectivity index (χ2n) is 8.25. The first kappa shape index (κ1) is 26.1. The van der Waals surface area contributed by atoms with Crippen molar-refractivity contribution >= 4 is 50.0 Å². The number of nitriles is 1. The number of benzene rings is 2. The molecule has 0 saturated carbocycles. The van der Waals surface area contributed by atoms with E-state index in [1.165, 1.54) is 22.9 Å². The molecule has 0 radical (unpaired) electrons. The maximum Gasteiger partial charge on any atom is 0.416 e. The van der Waals surface area contributed by atoms with Gasteiger partial charge < -0.3 is 9.84 Å². The summed E-state index contributed by atoms with van der Waals surface area (Å²) in [5.74, 6) is -0.705. The van der Waals surface area contributed by atoms with Crippen LogP contribution >= 0.6 is 22.9 Å². The molecule has 0 aliphatic rings. The van der Waals surface area contributed by atoms with Crippen LogP contribution in [0.3, 0.4) is 0 Å². The zero-order chi connectivity index (χ0) is 27.9. The molecule has 1 N–H and O–H groups in total. The number of carboxylic acids is 1. The van der Waals surface area contributed by atoms with Gasteiger partial charge in [-0.05, 0) is 36.4 Å². The van der Waals surface area contributed by atoms with Crippen LogP contribution < -0.4 is 10.3 Å². The Kier molecular flexibility index (Phi) is 6.71. The molecule has 2 aromatic carbocycles. The van der Waals surface area contributed by atoms with Crippen molar-refractivity contribution in [3.05, 3.63) is 86.4 Å². The molecule has 0 aliphatic heterocycles. The van der Waals surface area contributed by atoms with Crippen LogP contribution in [0.4, 0.5) is 13.2 Å². The predicted molar refractivity (Wildman–Crippen MR) is 138 cm³/mol. The molecular weight excluding hydrogens is 557 g/mol. The van der Waals surface area contributed by atoms with E-state index in [-0.39, 0.29) is 29.6 Å². The minimum absolute atomic E-state index is 0.0242. The van der Waals surface area contributed by atoms with Crippen molar-refractivity contribution in [3.8, 4) is 22.9 Å². The van der Waals surface area contributed by atoms with Crippen LogP contribution in [-0.4, -0.2) is 32.2 Å². The van der Waals surface area contributed by atoms with Gasteiger partial charge in [-0.3, -0.25) is 14.3 Å². The van der Waals surface area contributed by atoms with Gasteiger partial charge in [-0.25, -0.2) is 9.78 Å². The van der Waals surface area contributed by atoms with Gasteiger partial charge in [0.25, 0.3) is 5.56 Å². The van der Waals surface area contributed by atoms with Crippen LogP contribution in [0, 0.1) is 11.3 Å². The van der Waals surface area contributed by atoms with E-state index in [1.807, 2.05) is 0 Å². The van der Waals surface area contributed by atoms with E-state index < -0.39 is 28.8 Å². The minimum Gasteiger partial charge on any atom is -0.491 e. The van der Waals surface area contributed by atoms with Gasteiger partial charge in [0.2, 0.25) is 0 Å². The van der Waals surface area contributed by atoms with Gasteiger partial charge in [0, 0.05) is 27.7 Å². The van der Waals surface area contributed by atoms with E-state index in [0.717, 1.165) is 17.0 Å². The monoisotopic (exact) mass is 570 g/mol. The summed E-state index contributed by atoms with van der Waals surface area (Å²) in [6, 6.07) is 9.61. The smallest absolute Gasteiger partial charge is 0.416 e. The first-order chi connectivity index (χ1) is 18.6. The first-order valence-electron chi connectivity index (χ1n) is 11.1. The summed E-state index contributed by atoms with van der Waals surface area (Å²) in [7, 11) is 0. The molecule has 0 fully saturated rings. The van der Waals surface area contributed by atoms with E-state index in [4.69, 9.17) is 16.3 Å². The highest BCUT2D eigenvalue weighted by molar-refractivity contribution is 7.18. The lowest BCUT2D eigenvalue weighted by atomic mass is 10.0. The third-order valence-corrected chi connectivity index (χ3v) is 7.12. The lowest BCUT2D eigenvalue weighted by molar-refractivity contribution is -0.137. The number of carboxylic acid groups (broad SMARTS) is 1. The van der Waals surface area contributed by atoms with Crippen LogP contribution in [0.25, 0.3) is 32.2 Å². The molecule has 0 unspecified atom stereocenters. The normalized spacial score (nSPS) is 11.6. The van der Waals surface area contributed by atoms with Crippen molar-refractivity contribution in [1.29, 1.82) is 5.26 Å². The van der Waals surface area contributed by atoms with Gasteiger partial charge in [0.15, 0.2) is 0 Å². The third kappa shape index (κ3) is 4.89. The highest BCUT2D eigenvalue weighted by Crippen LogP contribution is 2.39. The third-order valence-electron chi connectivity index (χ3n) is 5.88. The molecule has 0 atom stereocenters. The van der Waals surface area contributed by atoms with E-state index >= 15 is 0 Å². The Morgan fingerprint density at radius 1 is 1.18 bits per heavy atom. The number of aromatic nitrogens is 3. The Bertz CT molecular complexity index is 1880. The summed E-state index contributed by atoms with van der Waals surface area (Å²) in [6.45, 7) is -0.0626. The lowest BCUT2D eigenvalue weighted by Gasteiger charge is -2.14. The number of hydrogen-bond acceptors (Lipinski definition) is 7. The van der Waals surface area contributed by atoms with Crippen molar-refractivity contribution in [2.75, 3.05) is 6.61 Å². The number of carbonyl (C=O) groups is 1. The molecule has 0 aliphatic carbocycles. The minimum atomic E-state index is -4.70. The molecule has 13 heteroatoms. The Balaban J connectivity index is 1.46. The molecule has 0 spiro atoms. The Morgan fingerprint density at radius 3 is 2.69 bits per heavy atom. The number of aromatic carboxylic acids is 1. The summed E-state index contributed by atoms with van der Waals surface area (Å²) in [6.07, 6.45) is -2.11. The standard InChI is InChI=1S/C26H14ClF3N4O4S/c27-15-1-2-20(17(9-15)16-3-4-32-22-18(25(36)37)11-39-23(16)22)38-6-5-34-12-33-19-8-14(26(28,29)30)7-13(10-31)21(19)24(34)35/h1-4,7-9,11-12H,5-6H2,(H,36,37). The number of pyridine rings is 1. The molecule has 196 valence electrons. The molecular formula is C26H14ClF3N4O4S. The maximum atomic E-state index is 13.2. The van der Waals surface area contributed by atoms with Gasteiger partial charge in [-0.1, -0.05) is 11.6 Å². The number of rotatable bonds is 6. The molecule has 3 aromatic heterocycles. The van der Waals surface area contributed by atoms with Crippen LogP contribution in [0.5, 0.6) is 5.75 Å². The Labute approximate surface area is 226 Å². The molecule has 5 rings (SSSR count). The fourth-order valence-corrected chi connectivity index (χ4v) is 5.28. The average Bonchev–Trinajstić information content (AvgIpc) is 3.34. The number of fused-ring (bicyclic) bond motifs is 2. The van der Waals surface area contributed by atoms with Crippen LogP contribution in [0.15, 0.2) is 59.1 Å². The molecule has 0 amide bonds. The average molecular weight is 571 g/mol. The number of ether oxygens (including phenoxy) is 1. The molecule has 3 heterocycles. The van der Waals surface area contributed by atoms with E-state index in [0.29, 0.717) is 38.2 Å². The highest BCUT2D eigenvalue weighted by atomic mass is 35.5. The topological polar surface area (TPSA) is 118 Å². The largest absolute Gasteiger partial charge is 0.491 e. The fraction of sp³-hybridized carbons (Fsp3) is 0.115. The second kappa shape index (κ2) is 10.0. The van der Waals surface area contributed by atoms with Gasteiger partial charge in [0.05, 0.1) is 50.7 Å². The SMILES string of the molecule is N#Cc1cc(C(F)(F)F)cc2ncn(CCOc3ccc(Cl)cc3-c3ccnc4c(C(=O)O)csc34)c(=O)c12. The quantitative estimate of drug-likeness (QED) is 0.266. The van der Waals surface area contributed by atoms with Crippen molar-refractivity contribution in [2.24, 2.45) is 0 Å². The van der Waals surface area contributed by atoms with Crippen molar-refractivity contribution in [3.63, 3.8) is 0 Å². The number of hydrogen-bond donors (Lipinski definition) is 1. The molecule has 5 aromatic rings. The second-order valence-corrected chi connectivity index (χ2v) is 9.57. The van der Waals surface area contributed by atoms with E-state index in [9.17, 15) is 33.1 Å². The Hall–Kier alpha value is -4.47. The Morgan fingerprint density at radius 2 is 1.97 bits per heavy atom. The van der Waals surface area contributed by atoms with Crippen molar-refractivity contribution < 1.29 is 27.8 Å². The molecule has 8 nitrogen and oxygen atoms in total. The zero-order valence-electron chi connectivity index (χ0n) is 19.5. The molecule has 0 saturated heterocycles. The summed E-state index contributed by atoms with van der Waals surface area (Å²) < 4.78 is 47.2. The number of halogens is 4. The van der Waals surface area contributed by atoms with E-state index in [2.05, 4.69) is 9.97 Å².